The average Bonchev–Trinajstić information content (AvgIpc) is 3.10. The number of aromatic nitrogens is 4. The molecule has 0 saturated heterocycles. The highest BCUT2D eigenvalue weighted by atomic mass is 32.2. The van der Waals surface area contributed by atoms with Gasteiger partial charge in [-0.1, -0.05) is 36.0 Å². The molecular weight excluding hydrogens is 362 g/mol. The van der Waals surface area contributed by atoms with Crippen molar-refractivity contribution in [2.24, 2.45) is 0 Å². The molecule has 0 N–H and O–H groups in total. The van der Waals surface area contributed by atoms with Crippen LogP contribution in [0.25, 0.3) is 5.69 Å². The van der Waals surface area contributed by atoms with Gasteiger partial charge in [0.15, 0.2) is 0 Å². The van der Waals surface area contributed by atoms with E-state index in [0.29, 0.717) is 23.3 Å². The third-order valence-corrected chi connectivity index (χ3v) is 4.34. The summed E-state index contributed by atoms with van der Waals surface area (Å²) in [5, 5.41) is 12.4. The summed E-state index contributed by atoms with van der Waals surface area (Å²) in [6.07, 6.45) is 0. The minimum absolute atomic E-state index is 0.129. The van der Waals surface area contributed by atoms with Gasteiger partial charge in [-0.3, -0.25) is 0 Å². The van der Waals surface area contributed by atoms with Gasteiger partial charge in [0.1, 0.15) is 17.2 Å². The van der Waals surface area contributed by atoms with Crippen LogP contribution in [0.3, 0.4) is 0 Å². The van der Waals surface area contributed by atoms with Gasteiger partial charge >= 0.3 is 6.61 Å². The molecule has 6 nitrogen and oxygen atoms in total. The van der Waals surface area contributed by atoms with E-state index in [0.717, 1.165) is 11.3 Å². The second-order valence-electron chi connectivity index (χ2n) is 5.09. The van der Waals surface area contributed by atoms with E-state index in [9.17, 15) is 8.78 Å². The van der Waals surface area contributed by atoms with Gasteiger partial charge < -0.3 is 9.47 Å². The number of hydrogen-bond donors (Lipinski definition) is 0. The number of hydrogen-bond acceptors (Lipinski definition) is 6. The van der Waals surface area contributed by atoms with E-state index in [2.05, 4.69) is 20.3 Å². The van der Waals surface area contributed by atoms with Crippen LogP contribution in [0.15, 0.2) is 53.7 Å². The van der Waals surface area contributed by atoms with E-state index in [1.54, 1.807) is 16.8 Å². The molecule has 0 amide bonds. The first kappa shape index (κ1) is 18.1. The van der Waals surface area contributed by atoms with Gasteiger partial charge in [0.05, 0.1) is 6.61 Å². The SMILES string of the molecule is CCOc1ccccc1-n1nnnc1SCc1ccc(OC(F)F)cc1. The van der Waals surface area contributed by atoms with E-state index < -0.39 is 6.61 Å². The van der Waals surface area contributed by atoms with Crippen LogP contribution in [0.2, 0.25) is 0 Å². The summed E-state index contributed by atoms with van der Waals surface area (Å²) in [5.74, 6) is 1.40. The second kappa shape index (κ2) is 8.61. The number of rotatable bonds is 8. The van der Waals surface area contributed by atoms with Crippen LogP contribution in [0.4, 0.5) is 8.78 Å². The number of ether oxygens (including phenoxy) is 2. The Morgan fingerprint density at radius 3 is 2.62 bits per heavy atom. The van der Waals surface area contributed by atoms with Gasteiger partial charge in [-0.15, -0.1) is 5.10 Å². The highest BCUT2D eigenvalue weighted by Crippen LogP contribution is 2.28. The molecule has 1 aromatic heterocycles. The third kappa shape index (κ3) is 4.48. The summed E-state index contributed by atoms with van der Waals surface area (Å²) < 4.78 is 36.0. The maximum atomic E-state index is 12.2. The zero-order valence-corrected chi connectivity index (χ0v) is 14.7. The number of para-hydroxylation sites is 2. The smallest absolute Gasteiger partial charge is 0.387 e. The quantitative estimate of drug-likeness (QED) is 0.553. The molecule has 1 heterocycles. The van der Waals surface area contributed by atoms with E-state index in [-0.39, 0.29) is 5.75 Å². The molecule has 0 bridgehead atoms. The van der Waals surface area contributed by atoms with E-state index in [1.807, 2.05) is 31.2 Å². The van der Waals surface area contributed by atoms with Crippen molar-refractivity contribution in [3.63, 3.8) is 0 Å². The first-order valence-electron chi connectivity index (χ1n) is 7.84. The molecular formula is C17H16F2N4O2S. The van der Waals surface area contributed by atoms with Crippen molar-refractivity contribution in [3.05, 3.63) is 54.1 Å². The van der Waals surface area contributed by atoms with Gasteiger partial charge in [-0.25, -0.2) is 0 Å². The Labute approximate surface area is 153 Å². The predicted molar refractivity (Wildman–Crippen MR) is 93.0 cm³/mol. The van der Waals surface area contributed by atoms with Crippen LogP contribution in [-0.2, 0) is 5.75 Å². The summed E-state index contributed by atoms with van der Waals surface area (Å²) >= 11 is 1.43. The summed E-state index contributed by atoms with van der Waals surface area (Å²) in [7, 11) is 0. The van der Waals surface area contributed by atoms with Crippen molar-refractivity contribution < 1.29 is 18.3 Å². The fraction of sp³-hybridized carbons (Fsp3) is 0.235. The Morgan fingerprint density at radius 1 is 1.12 bits per heavy atom. The highest BCUT2D eigenvalue weighted by molar-refractivity contribution is 7.98. The molecule has 2 aromatic carbocycles. The molecule has 3 aromatic rings. The molecule has 0 spiro atoms. The predicted octanol–water partition coefficient (Wildman–Crippen LogP) is 3.95. The normalized spacial score (nSPS) is 10.9. The van der Waals surface area contributed by atoms with Crippen LogP contribution in [0.1, 0.15) is 12.5 Å². The number of thioether (sulfide) groups is 1. The molecule has 136 valence electrons. The molecule has 0 aliphatic heterocycles. The first-order chi connectivity index (χ1) is 12.7. The lowest BCUT2D eigenvalue weighted by atomic mass is 10.2. The fourth-order valence-corrected chi connectivity index (χ4v) is 3.08. The van der Waals surface area contributed by atoms with E-state index in [1.165, 1.54) is 23.9 Å². The van der Waals surface area contributed by atoms with Crippen LogP contribution < -0.4 is 9.47 Å². The minimum Gasteiger partial charge on any atom is -0.492 e. The molecule has 0 aliphatic rings. The van der Waals surface area contributed by atoms with Crippen molar-refractivity contribution in [1.29, 1.82) is 0 Å². The van der Waals surface area contributed by atoms with Crippen molar-refractivity contribution in [1.82, 2.24) is 20.2 Å². The second-order valence-corrected chi connectivity index (χ2v) is 6.03. The lowest BCUT2D eigenvalue weighted by Gasteiger charge is -2.10. The molecule has 0 aliphatic carbocycles. The number of benzene rings is 2. The fourth-order valence-electron chi connectivity index (χ4n) is 2.24. The molecule has 0 fully saturated rings. The van der Waals surface area contributed by atoms with Crippen LogP contribution in [0.5, 0.6) is 11.5 Å². The third-order valence-electron chi connectivity index (χ3n) is 3.35. The van der Waals surface area contributed by atoms with E-state index >= 15 is 0 Å². The zero-order valence-electron chi connectivity index (χ0n) is 13.9. The molecule has 3 rings (SSSR count). The Kier molecular flexibility index (Phi) is 6.00. The van der Waals surface area contributed by atoms with Gasteiger partial charge in [0, 0.05) is 5.75 Å². The van der Waals surface area contributed by atoms with Gasteiger partial charge in [0.25, 0.3) is 0 Å². The average molecular weight is 378 g/mol. The lowest BCUT2D eigenvalue weighted by Crippen LogP contribution is -2.03. The van der Waals surface area contributed by atoms with Gasteiger partial charge in [-0.05, 0) is 47.2 Å². The van der Waals surface area contributed by atoms with Crippen molar-refractivity contribution in [2.45, 2.75) is 24.4 Å². The maximum absolute atomic E-state index is 12.2. The Morgan fingerprint density at radius 2 is 1.88 bits per heavy atom. The van der Waals surface area contributed by atoms with Crippen LogP contribution in [-0.4, -0.2) is 33.4 Å². The molecule has 0 unspecified atom stereocenters. The number of tetrazole rings is 1. The number of halogens is 2. The molecule has 26 heavy (non-hydrogen) atoms. The Bertz CT molecular complexity index is 843. The lowest BCUT2D eigenvalue weighted by molar-refractivity contribution is -0.0498. The van der Waals surface area contributed by atoms with Crippen molar-refractivity contribution in [2.75, 3.05) is 6.61 Å². The highest BCUT2D eigenvalue weighted by Gasteiger charge is 2.13. The monoisotopic (exact) mass is 378 g/mol. The molecule has 9 heteroatoms. The summed E-state index contributed by atoms with van der Waals surface area (Å²) in [6, 6.07) is 14.0. The zero-order chi connectivity index (χ0) is 18.4. The summed E-state index contributed by atoms with van der Waals surface area (Å²) in [5.41, 5.74) is 1.69. The van der Waals surface area contributed by atoms with Crippen molar-refractivity contribution in [3.8, 4) is 17.2 Å². The molecule has 0 atom stereocenters. The molecule has 0 radical (unpaired) electrons. The van der Waals surface area contributed by atoms with E-state index in [4.69, 9.17) is 4.74 Å². The summed E-state index contributed by atoms with van der Waals surface area (Å²) in [4.78, 5) is 0. The summed E-state index contributed by atoms with van der Waals surface area (Å²) in [6.45, 7) is -0.382. The van der Waals surface area contributed by atoms with Gasteiger partial charge in [-0.2, -0.15) is 13.5 Å². The van der Waals surface area contributed by atoms with Crippen molar-refractivity contribution >= 4 is 11.8 Å². The minimum atomic E-state index is -2.83. The first-order valence-corrected chi connectivity index (χ1v) is 8.83. The van der Waals surface area contributed by atoms with Gasteiger partial charge in [0.2, 0.25) is 5.16 Å². The maximum Gasteiger partial charge on any atom is 0.387 e. The number of nitrogens with zero attached hydrogens (tertiary/aromatic N) is 4. The number of alkyl halides is 2. The largest absolute Gasteiger partial charge is 0.492 e. The standard InChI is InChI=1S/C17H16F2N4O2S/c1-2-24-15-6-4-3-5-14(15)23-17(20-21-22-23)26-11-12-7-9-13(10-8-12)25-16(18)19/h3-10,16H,2,11H2,1H3. The Hall–Kier alpha value is -2.68. The topological polar surface area (TPSA) is 62.1 Å². The Balaban J connectivity index is 1.72. The van der Waals surface area contributed by atoms with Crippen LogP contribution >= 0.6 is 11.8 Å². The molecule has 0 saturated carbocycles. The van der Waals surface area contributed by atoms with Crippen LogP contribution in [0, 0.1) is 0 Å².